The van der Waals surface area contributed by atoms with E-state index < -0.39 is 0 Å². The number of ether oxygens (including phenoxy) is 2. The molecule has 108 valence electrons. The lowest BCUT2D eigenvalue weighted by atomic mass is 10.2. The van der Waals surface area contributed by atoms with E-state index >= 15 is 0 Å². The predicted molar refractivity (Wildman–Crippen MR) is 82.3 cm³/mol. The molecule has 0 heterocycles. The number of anilines is 1. The Hall–Kier alpha value is -2.51. The summed E-state index contributed by atoms with van der Waals surface area (Å²) in [5.74, 6) is 0.848. The molecule has 2 rings (SSSR count). The fourth-order valence-electron chi connectivity index (χ4n) is 1.84. The van der Waals surface area contributed by atoms with E-state index in [9.17, 15) is 0 Å². The van der Waals surface area contributed by atoms with Crippen LogP contribution in [0, 0.1) is 11.3 Å². The van der Waals surface area contributed by atoms with Crippen LogP contribution in [-0.2, 0) is 11.3 Å². The highest BCUT2D eigenvalue weighted by molar-refractivity contribution is 5.47. The molecule has 0 spiro atoms. The zero-order valence-electron chi connectivity index (χ0n) is 12.0. The maximum absolute atomic E-state index is 8.72. The van der Waals surface area contributed by atoms with Crippen molar-refractivity contribution in [1.29, 1.82) is 5.26 Å². The smallest absolute Gasteiger partial charge is 0.118 e. The summed E-state index contributed by atoms with van der Waals surface area (Å²) in [6.45, 7) is 1.92. The van der Waals surface area contributed by atoms with Gasteiger partial charge in [-0.05, 0) is 42.0 Å². The third-order valence-electron chi connectivity index (χ3n) is 3.02. The van der Waals surface area contributed by atoms with E-state index in [4.69, 9.17) is 14.7 Å². The van der Waals surface area contributed by atoms with Crippen LogP contribution < -0.4 is 10.1 Å². The van der Waals surface area contributed by atoms with Crippen LogP contribution >= 0.6 is 0 Å². The second kappa shape index (κ2) is 7.93. The molecular formula is C17H18N2O2. The third-order valence-corrected chi connectivity index (χ3v) is 3.02. The predicted octanol–water partition coefficient (Wildman–Crippen LogP) is 3.20. The van der Waals surface area contributed by atoms with Gasteiger partial charge in [-0.1, -0.05) is 12.1 Å². The van der Waals surface area contributed by atoms with Gasteiger partial charge in [0.1, 0.15) is 5.75 Å². The molecule has 0 aliphatic rings. The van der Waals surface area contributed by atoms with Crippen LogP contribution in [0.1, 0.15) is 11.1 Å². The summed E-state index contributed by atoms with van der Waals surface area (Å²) in [6, 6.07) is 17.3. The summed E-state index contributed by atoms with van der Waals surface area (Å²) >= 11 is 0. The maximum Gasteiger partial charge on any atom is 0.118 e. The Kier molecular flexibility index (Phi) is 5.62. The molecule has 0 amide bonds. The normalized spacial score (nSPS) is 9.90. The first-order valence-corrected chi connectivity index (χ1v) is 6.76. The molecule has 0 saturated carbocycles. The van der Waals surface area contributed by atoms with E-state index in [0.29, 0.717) is 18.8 Å². The Morgan fingerprint density at radius 3 is 2.38 bits per heavy atom. The van der Waals surface area contributed by atoms with Crippen molar-refractivity contribution in [3.8, 4) is 11.8 Å². The zero-order chi connectivity index (χ0) is 14.9. The minimum atomic E-state index is 0.582. The van der Waals surface area contributed by atoms with E-state index in [-0.39, 0.29) is 0 Å². The molecule has 4 heteroatoms. The van der Waals surface area contributed by atoms with Gasteiger partial charge in [-0.3, -0.25) is 0 Å². The van der Waals surface area contributed by atoms with Gasteiger partial charge in [0.15, 0.2) is 0 Å². The molecule has 0 radical (unpaired) electrons. The summed E-state index contributed by atoms with van der Waals surface area (Å²) < 4.78 is 10.7. The Balaban J connectivity index is 1.66. The first kappa shape index (κ1) is 14.9. The third kappa shape index (κ3) is 4.83. The van der Waals surface area contributed by atoms with Crippen molar-refractivity contribution in [2.24, 2.45) is 0 Å². The first-order chi connectivity index (χ1) is 10.3. The van der Waals surface area contributed by atoms with Crippen LogP contribution in [-0.4, -0.2) is 20.3 Å². The molecule has 4 nitrogen and oxygen atoms in total. The van der Waals surface area contributed by atoms with Gasteiger partial charge < -0.3 is 14.8 Å². The van der Waals surface area contributed by atoms with Crippen molar-refractivity contribution in [2.75, 3.05) is 25.6 Å². The molecule has 0 aliphatic heterocycles. The van der Waals surface area contributed by atoms with Crippen LogP contribution in [0.2, 0.25) is 0 Å². The number of benzene rings is 2. The summed E-state index contributed by atoms with van der Waals surface area (Å²) in [5, 5.41) is 12.0. The minimum absolute atomic E-state index is 0.582. The molecular weight excluding hydrogens is 264 g/mol. The Labute approximate surface area is 124 Å². The highest BCUT2D eigenvalue weighted by Gasteiger charge is 1.96. The van der Waals surface area contributed by atoms with Gasteiger partial charge in [-0.2, -0.15) is 5.26 Å². The van der Waals surface area contributed by atoms with Crippen LogP contribution in [0.15, 0.2) is 48.5 Å². The van der Waals surface area contributed by atoms with Crippen molar-refractivity contribution < 1.29 is 9.47 Å². The van der Waals surface area contributed by atoms with Gasteiger partial charge in [0, 0.05) is 12.2 Å². The second-order valence-corrected chi connectivity index (χ2v) is 4.52. The van der Waals surface area contributed by atoms with E-state index in [1.165, 1.54) is 0 Å². The SMILES string of the molecule is COc1ccc(COCCNc2ccc(C#N)cc2)cc1. The monoisotopic (exact) mass is 282 g/mol. The highest BCUT2D eigenvalue weighted by Crippen LogP contribution is 2.12. The van der Waals surface area contributed by atoms with Crippen molar-refractivity contribution >= 4 is 5.69 Å². The number of hydrogen-bond acceptors (Lipinski definition) is 4. The fourth-order valence-corrected chi connectivity index (χ4v) is 1.84. The summed E-state index contributed by atoms with van der Waals surface area (Å²) in [4.78, 5) is 0. The second-order valence-electron chi connectivity index (χ2n) is 4.52. The lowest BCUT2D eigenvalue weighted by Crippen LogP contribution is -2.09. The van der Waals surface area contributed by atoms with E-state index in [2.05, 4.69) is 11.4 Å². The molecule has 2 aromatic rings. The number of nitrogens with one attached hydrogen (secondary N) is 1. The molecule has 1 N–H and O–H groups in total. The van der Waals surface area contributed by atoms with Crippen molar-refractivity contribution in [3.63, 3.8) is 0 Å². The highest BCUT2D eigenvalue weighted by atomic mass is 16.5. The lowest BCUT2D eigenvalue weighted by Gasteiger charge is -2.08. The molecule has 0 unspecified atom stereocenters. The standard InChI is InChI=1S/C17H18N2O2/c1-20-17-8-4-15(5-9-17)13-21-11-10-19-16-6-2-14(12-18)3-7-16/h2-9,19H,10-11,13H2,1H3. The maximum atomic E-state index is 8.72. The van der Waals surface area contributed by atoms with E-state index in [1.807, 2.05) is 36.4 Å². The van der Waals surface area contributed by atoms with Crippen LogP contribution in [0.25, 0.3) is 0 Å². The van der Waals surface area contributed by atoms with Gasteiger partial charge in [-0.25, -0.2) is 0 Å². The molecule has 0 aliphatic carbocycles. The molecule has 0 atom stereocenters. The molecule has 0 saturated heterocycles. The van der Waals surface area contributed by atoms with Crippen molar-refractivity contribution in [2.45, 2.75) is 6.61 Å². The number of rotatable bonds is 7. The largest absolute Gasteiger partial charge is 0.497 e. The summed E-state index contributed by atoms with van der Waals surface area (Å²) in [6.07, 6.45) is 0. The lowest BCUT2D eigenvalue weighted by molar-refractivity contribution is 0.130. The van der Waals surface area contributed by atoms with Crippen LogP contribution in [0.4, 0.5) is 5.69 Å². The van der Waals surface area contributed by atoms with Gasteiger partial charge >= 0.3 is 0 Å². The fraction of sp³-hybridized carbons (Fsp3) is 0.235. The van der Waals surface area contributed by atoms with Gasteiger partial charge in [-0.15, -0.1) is 0 Å². The van der Waals surface area contributed by atoms with Crippen molar-refractivity contribution in [3.05, 3.63) is 59.7 Å². The van der Waals surface area contributed by atoms with E-state index in [1.54, 1.807) is 19.2 Å². The average molecular weight is 282 g/mol. The Bertz CT molecular complexity index is 586. The van der Waals surface area contributed by atoms with Crippen LogP contribution in [0.5, 0.6) is 5.75 Å². The molecule has 21 heavy (non-hydrogen) atoms. The van der Waals surface area contributed by atoms with Gasteiger partial charge in [0.2, 0.25) is 0 Å². The zero-order valence-corrected chi connectivity index (χ0v) is 12.0. The van der Waals surface area contributed by atoms with E-state index in [0.717, 1.165) is 23.5 Å². The minimum Gasteiger partial charge on any atom is -0.497 e. The molecule has 0 fully saturated rings. The van der Waals surface area contributed by atoms with Crippen LogP contribution in [0.3, 0.4) is 0 Å². The molecule has 2 aromatic carbocycles. The number of hydrogen-bond donors (Lipinski definition) is 1. The molecule has 0 aromatic heterocycles. The van der Waals surface area contributed by atoms with Gasteiger partial charge in [0.25, 0.3) is 0 Å². The summed E-state index contributed by atoms with van der Waals surface area (Å²) in [7, 11) is 1.65. The van der Waals surface area contributed by atoms with Gasteiger partial charge in [0.05, 0.1) is 32.0 Å². The Morgan fingerprint density at radius 1 is 1.05 bits per heavy atom. The number of nitrogens with zero attached hydrogens (tertiary/aromatic N) is 1. The number of methoxy groups -OCH3 is 1. The first-order valence-electron chi connectivity index (χ1n) is 6.76. The quantitative estimate of drug-likeness (QED) is 0.792. The average Bonchev–Trinajstić information content (AvgIpc) is 2.55. The van der Waals surface area contributed by atoms with Crippen molar-refractivity contribution in [1.82, 2.24) is 0 Å². The Morgan fingerprint density at radius 2 is 1.76 bits per heavy atom. The molecule has 0 bridgehead atoms. The topological polar surface area (TPSA) is 54.3 Å². The number of nitriles is 1. The summed E-state index contributed by atoms with van der Waals surface area (Å²) in [5.41, 5.74) is 2.77.